The minimum atomic E-state index is -2.21. The van der Waals surface area contributed by atoms with Gasteiger partial charge in [-0.2, -0.15) is 0 Å². The van der Waals surface area contributed by atoms with Crippen LogP contribution in [0.2, 0.25) is 0 Å². The van der Waals surface area contributed by atoms with Crippen molar-refractivity contribution in [3.8, 4) is 0 Å². The standard InChI is InChI=1S/C6H13NO2S/c1-9-6-2-4-10(7,8)5-3-6/h6-7H,2-5H2,1H3. The Morgan fingerprint density at radius 2 is 2.00 bits per heavy atom. The first-order valence-electron chi connectivity index (χ1n) is 3.41. The molecule has 0 aliphatic carbocycles. The summed E-state index contributed by atoms with van der Waals surface area (Å²) in [6.45, 7) is 0. The molecule has 0 saturated carbocycles. The van der Waals surface area contributed by atoms with E-state index in [1.54, 1.807) is 7.11 Å². The quantitative estimate of drug-likeness (QED) is 0.622. The Hall–Kier alpha value is -0.0900. The lowest BCUT2D eigenvalue weighted by Gasteiger charge is -2.21. The number of hydrogen-bond acceptors (Lipinski definition) is 3. The van der Waals surface area contributed by atoms with Crippen molar-refractivity contribution in [3.05, 3.63) is 0 Å². The van der Waals surface area contributed by atoms with Crippen LogP contribution >= 0.6 is 0 Å². The highest BCUT2D eigenvalue weighted by Gasteiger charge is 2.19. The van der Waals surface area contributed by atoms with Crippen LogP contribution in [0.5, 0.6) is 0 Å². The van der Waals surface area contributed by atoms with Crippen LogP contribution in [0.3, 0.4) is 0 Å². The van der Waals surface area contributed by atoms with E-state index in [-0.39, 0.29) is 6.10 Å². The van der Waals surface area contributed by atoms with Gasteiger partial charge in [-0.3, -0.25) is 4.78 Å². The molecule has 3 nitrogen and oxygen atoms in total. The molecule has 1 aliphatic heterocycles. The lowest BCUT2D eigenvalue weighted by molar-refractivity contribution is 0.0950. The van der Waals surface area contributed by atoms with E-state index in [1.807, 2.05) is 0 Å². The summed E-state index contributed by atoms with van der Waals surface area (Å²) in [6.07, 6.45) is 1.83. The predicted molar refractivity (Wildman–Crippen MR) is 40.6 cm³/mol. The molecule has 4 heteroatoms. The zero-order valence-corrected chi connectivity index (χ0v) is 6.95. The summed E-state index contributed by atoms with van der Waals surface area (Å²) in [7, 11) is -0.537. The average Bonchev–Trinajstić information content (AvgIpc) is 1.88. The van der Waals surface area contributed by atoms with Gasteiger partial charge in [0.05, 0.1) is 6.10 Å². The van der Waals surface area contributed by atoms with Crippen molar-refractivity contribution in [3.63, 3.8) is 0 Å². The van der Waals surface area contributed by atoms with E-state index in [0.29, 0.717) is 11.5 Å². The number of methoxy groups -OCH3 is 1. The molecule has 0 atom stereocenters. The summed E-state index contributed by atoms with van der Waals surface area (Å²) in [5.74, 6) is 1.04. The molecule has 0 radical (unpaired) electrons. The summed E-state index contributed by atoms with van der Waals surface area (Å²) in [4.78, 5) is 0. The topological polar surface area (TPSA) is 50.1 Å². The van der Waals surface area contributed by atoms with E-state index in [4.69, 9.17) is 9.52 Å². The third-order valence-corrected chi connectivity index (χ3v) is 3.66. The van der Waals surface area contributed by atoms with Crippen molar-refractivity contribution in [2.24, 2.45) is 0 Å². The molecule has 0 bridgehead atoms. The Bertz CT molecular complexity index is 184. The Kier molecular flexibility index (Phi) is 2.31. The third-order valence-electron chi connectivity index (χ3n) is 1.87. The van der Waals surface area contributed by atoms with E-state index in [0.717, 1.165) is 12.8 Å². The Morgan fingerprint density at radius 3 is 2.40 bits per heavy atom. The van der Waals surface area contributed by atoms with Crippen molar-refractivity contribution >= 4 is 9.73 Å². The van der Waals surface area contributed by atoms with Crippen LogP contribution in [0.4, 0.5) is 0 Å². The lowest BCUT2D eigenvalue weighted by atomic mass is 10.2. The highest BCUT2D eigenvalue weighted by atomic mass is 32.2. The van der Waals surface area contributed by atoms with Gasteiger partial charge in [0.25, 0.3) is 0 Å². The number of nitrogens with one attached hydrogen (secondary N) is 1. The molecule has 0 spiro atoms. The molecule has 1 fully saturated rings. The fraction of sp³-hybridized carbons (Fsp3) is 1.00. The van der Waals surface area contributed by atoms with Crippen molar-refractivity contribution in [2.75, 3.05) is 18.6 Å². The van der Waals surface area contributed by atoms with Gasteiger partial charge in [0.2, 0.25) is 0 Å². The molecular formula is C6H13NO2S. The monoisotopic (exact) mass is 163 g/mol. The first-order chi connectivity index (χ1) is 4.64. The second kappa shape index (κ2) is 2.88. The normalized spacial score (nSPS) is 41.5. The van der Waals surface area contributed by atoms with Gasteiger partial charge in [-0.1, -0.05) is 0 Å². The largest absolute Gasteiger partial charge is 0.381 e. The van der Waals surface area contributed by atoms with Crippen LogP contribution in [-0.4, -0.2) is 28.9 Å². The summed E-state index contributed by atoms with van der Waals surface area (Å²) in [5.41, 5.74) is 0. The molecule has 1 N–H and O–H groups in total. The van der Waals surface area contributed by atoms with Crippen LogP contribution in [0, 0.1) is 4.78 Å². The van der Waals surface area contributed by atoms with Gasteiger partial charge < -0.3 is 4.74 Å². The van der Waals surface area contributed by atoms with Gasteiger partial charge >= 0.3 is 0 Å². The van der Waals surface area contributed by atoms with E-state index >= 15 is 0 Å². The van der Waals surface area contributed by atoms with E-state index in [9.17, 15) is 4.21 Å². The average molecular weight is 163 g/mol. The first kappa shape index (κ1) is 8.01. The Labute approximate surface area is 61.7 Å². The second-order valence-corrected chi connectivity index (χ2v) is 5.10. The second-order valence-electron chi connectivity index (χ2n) is 2.66. The summed E-state index contributed by atoms with van der Waals surface area (Å²) in [6, 6.07) is 0. The Balaban J connectivity index is 2.46. The molecule has 1 rings (SSSR count). The highest BCUT2D eigenvalue weighted by molar-refractivity contribution is 7.92. The van der Waals surface area contributed by atoms with Gasteiger partial charge in [-0.05, 0) is 12.8 Å². The van der Waals surface area contributed by atoms with Gasteiger partial charge in [-0.15, -0.1) is 0 Å². The molecule has 60 valence electrons. The SMILES string of the molecule is COC1CCS(=N)(=O)CC1. The molecule has 0 aromatic rings. The summed E-state index contributed by atoms with van der Waals surface area (Å²) >= 11 is 0. The minimum absolute atomic E-state index is 0.250. The number of ether oxygens (including phenoxy) is 1. The molecule has 1 aliphatic rings. The van der Waals surface area contributed by atoms with E-state index in [1.165, 1.54) is 0 Å². The molecular weight excluding hydrogens is 150 g/mol. The molecule has 1 heterocycles. The first-order valence-corrected chi connectivity index (χ1v) is 5.30. The molecule has 10 heavy (non-hydrogen) atoms. The molecule has 0 aromatic heterocycles. The fourth-order valence-electron chi connectivity index (χ4n) is 1.13. The van der Waals surface area contributed by atoms with Crippen molar-refractivity contribution < 1.29 is 8.95 Å². The molecule has 0 unspecified atom stereocenters. The van der Waals surface area contributed by atoms with Crippen molar-refractivity contribution in [2.45, 2.75) is 18.9 Å². The van der Waals surface area contributed by atoms with Crippen molar-refractivity contribution in [1.82, 2.24) is 0 Å². The number of rotatable bonds is 1. The molecule has 0 aromatic carbocycles. The zero-order valence-electron chi connectivity index (χ0n) is 6.13. The summed E-state index contributed by atoms with van der Waals surface area (Å²) in [5, 5.41) is 0. The lowest BCUT2D eigenvalue weighted by Crippen LogP contribution is -2.26. The predicted octanol–water partition coefficient (Wildman–Crippen LogP) is 0.842. The number of hydrogen-bond donors (Lipinski definition) is 1. The summed E-state index contributed by atoms with van der Waals surface area (Å²) < 4.78 is 23.4. The highest BCUT2D eigenvalue weighted by Crippen LogP contribution is 2.14. The third kappa shape index (κ3) is 1.95. The smallest absolute Gasteiger partial charge is 0.0589 e. The van der Waals surface area contributed by atoms with Gasteiger partial charge in [0.1, 0.15) is 0 Å². The van der Waals surface area contributed by atoms with E-state index < -0.39 is 9.73 Å². The maximum atomic E-state index is 11.1. The minimum Gasteiger partial charge on any atom is -0.381 e. The van der Waals surface area contributed by atoms with Gasteiger partial charge in [0, 0.05) is 28.3 Å². The van der Waals surface area contributed by atoms with E-state index in [2.05, 4.69) is 0 Å². The Morgan fingerprint density at radius 1 is 1.50 bits per heavy atom. The molecule has 0 amide bonds. The molecule has 1 saturated heterocycles. The zero-order chi connectivity index (χ0) is 7.61. The van der Waals surface area contributed by atoms with Crippen LogP contribution < -0.4 is 0 Å². The van der Waals surface area contributed by atoms with Gasteiger partial charge in [0.15, 0.2) is 0 Å². The maximum absolute atomic E-state index is 11.1. The van der Waals surface area contributed by atoms with Gasteiger partial charge in [-0.25, -0.2) is 4.21 Å². The van der Waals surface area contributed by atoms with Crippen LogP contribution in [0.1, 0.15) is 12.8 Å². The van der Waals surface area contributed by atoms with Crippen LogP contribution in [0.25, 0.3) is 0 Å². The van der Waals surface area contributed by atoms with Crippen LogP contribution in [0.15, 0.2) is 0 Å². The van der Waals surface area contributed by atoms with Crippen molar-refractivity contribution in [1.29, 1.82) is 4.78 Å². The van der Waals surface area contributed by atoms with Crippen LogP contribution in [-0.2, 0) is 14.5 Å². The fourth-order valence-corrected chi connectivity index (χ4v) is 2.62. The maximum Gasteiger partial charge on any atom is 0.0589 e.